The molecule has 0 spiro atoms. The summed E-state index contributed by atoms with van der Waals surface area (Å²) in [5.41, 5.74) is 1.79. The summed E-state index contributed by atoms with van der Waals surface area (Å²) in [6.45, 7) is 0. The summed E-state index contributed by atoms with van der Waals surface area (Å²) in [7, 11) is 1.54. The molecule has 0 aliphatic rings. The average molecular weight is 304 g/mol. The molecule has 0 bridgehead atoms. The zero-order valence-electron chi connectivity index (χ0n) is 11.0. The van der Waals surface area contributed by atoms with Gasteiger partial charge in [0.2, 0.25) is 5.89 Å². The Kier molecular flexibility index (Phi) is 3.27. The van der Waals surface area contributed by atoms with Crippen molar-refractivity contribution in [3.05, 3.63) is 47.0 Å². The second-order valence-electron chi connectivity index (χ2n) is 4.39. The van der Waals surface area contributed by atoms with E-state index in [2.05, 4.69) is 4.98 Å². The highest BCUT2D eigenvalue weighted by Crippen LogP contribution is 2.30. The van der Waals surface area contributed by atoms with Crippen molar-refractivity contribution in [1.29, 1.82) is 0 Å². The second-order valence-corrected chi connectivity index (χ2v) is 4.82. The number of benzene rings is 2. The summed E-state index contributed by atoms with van der Waals surface area (Å²) in [4.78, 5) is 15.3. The zero-order chi connectivity index (χ0) is 15.0. The third-order valence-corrected chi connectivity index (χ3v) is 3.21. The third kappa shape index (κ3) is 2.55. The van der Waals surface area contributed by atoms with E-state index in [1.165, 1.54) is 12.1 Å². The molecule has 1 heterocycles. The smallest absolute Gasteiger partial charge is 0.335 e. The predicted octanol–water partition coefficient (Wildman–Crippen LogP) is 3.86. The number of halogens is 1. The van der Waals surface area contributed by atoms with Gasteiger partial charge in [-0.3, -0.25) is 0 Å². The molecule has 2 aromatic carbocycles. The quantitative estimate of drug-likeness (QED) is 0.795. The average Bonchev–Trinajstić information content (AvgIpc) is 2.89. The van der Waals surface area contributed by atoms with Crippen LogP contribution < -0.4 is 4.74 Å². The molecule has 1 aromatic heterocycles. The number of carbonyl (C=O) groups is 1. The van der Waals surface area contributed by atoms with Crippen LogP contribution in [0.2, 0.25) is 5.02 Å². The first-order valence-electron chi connectivity index (χ1n) is 6.05. The number of oxazole rings is 1. The number of methoxy groups -OCH3 is 1. The standard InChI is InChI=1S/C15H10ClNO4/c1-20-11-5-9(4-10(16)7-11)14-17-12-3-2-8(15(18)19)6-13(12)21-14/h2-7H,1H3,(H,18,19). The summed E-state index contributed by atoms with van der Waals surface area (Å²) in [6, 6.07) is 9.65. The molecular formula is C15H10ClNO4. The minimum absolute atomic E-state index is 0.147. The summed E-state index contributed by atoms with van der Waals surface area (Å²) >= 11 is 6.02. The van der Waals surface area contributed by atoms with Crippen molar-refractivity contribution in [2.75, 3.05) is 7.11 Å². The fourth-order valence-electron chi connectivity index (χ4n) is 1.99. The van der Waals surface area contributed by atoms with E-state index < -0.39 is 5.97 Å². The molecule has 0 fully saturated rings. The Hall–Kier alpha value is -2.53. The van der Waals surface area contributed by atoms with E-state index >= 15 is 0 Å². The van der Waals surface area contributed by atoms with Crippen molar-refractivity contribution in [1.82, 2.24) is 4.98 Å². The molecule has 0 saturated carbocycles. The third-order valence-electron chi connectivity index (χ3n) is 2.99. The van der Waals surface area contributed by atoms with Gasteiger partial charge in [-0.05, 0) is 36.4 Å². The van der Waals surface area contributed by atoms with Gasteiger partial charge in [0.25, 0.3) is 0 Å². The number of aromatic nitrogens is 1. The van der Waals surface area contributed by atoms with E-state index in [0.29, 0.717) is 33.3 Å². The molecule has 3 rings (SSSR count). The fourth-order valence-corrected chi connectivity index (χ4v) is 2.21. The van der Waals surface area contributed by atoms with Gasteiger partial charge in [-0.1, -0.05) is 11.6 Å². The van der Waals surface area contributed by atoms with Gasteiger partial charge in [0, 0.05) is 10.6 Å². The number of hydrogen-bond acceptors (Lipinski definition) is 4. The summed E-state index contributed by atoms with van der Waals surface area (Å²) < 4.78 is 10.8. The topological polar surface area (TPSA) is 72.6 Å². The van der Waals surface area contributed by atoms with Crippen molar-refractivity contribution >= 4 is 28.7 Å². The maximum Gasteiger partial charge on any atom is 0.335 e. The molecule has 0 aliphatic heterocycles. The van der Waals surface area contributed by atoms with Crippen LogP contribution in [0.15, 0.2) is 40.8 Å². The Morgan fingerprint density at radius 2 is 2.10 bits per heavy atom. The number of ether oxygens (including phenoxy) is 1. The predicted molar refractivity (Wildman–Crippen MR) is 78.0 cm³/mol. The molecule has 0 radical (unpaired) electrons. The second kappa shape index (κ2) is 5.10. The molecule has 21 heavy (non-hydrogen) atoms. The lowest BCUT2D eigenvalue weighted by Crippen LogP contribution is -1.94. The lowest BCUT2D eigenvalue weighted by atomic mass is 10.2. The van der Waals surface area contributed by atoms with Crippen LogP contribution in [0.25, 0.3) is 22.6 Å². The van der Waals surface area contributed by atoms with Gasteiger partial charge in [0.05, 0.1) is 12.7 Å². The zero-order valence-corrected chi connectivity index (χ0v) is 11.7. The van der Waals surface area contributed by atoms with Gasteiger partial charge in [-0.15, -0.1) is 0 Å². The number of aromatic carboxylic acids is 1. The molecular weight excluding hydrogens is 294 g/mol. The fraction of sp³-hybridized carbons (Fsp3) is 0.0667. The Morgan fingerprint density at radius 1 is 1.29 bits per heavy atom. The van der Waals surface area contributed by atoms with Gasteiger partial charge in [-0.25, -0.2) is 9.78 Å². The molecule has 6 heteroatoms. The minimum atomic E-state index is -1.01. The minimum Gasteiger partial charge on any atom is -0.497 e. The first-order valence-corrected chi connectivity index (χ1v) is 6.43. The monoisotopic (exact) mass is 303 g/mol. The van der Waals surface area contributed by atoms with Gasteiger partial charge in [-0.2, -0.15) is 0 Å². The SMILES string of the molecule is COc1cc(Cl)cc(-c2nc3ccc(C(=O)O)cc3o2)c1. The molecule has 0 saturated heterocycles. The highest BCUT2D eigenvalue weighted by atomic mass is 35.5. The first kappa shape index (κ1) is 13.5. The van der Waals surface area contributed by atoms with Crippen molar-refractivity contribution < 1.29 is 19.1 Å². The highest BCUT2D eigenvalue weighted by molar-refractivity contribution is 6.31. The van der Waals surface area contributed by atoms with Crippen molar-refractivity contribution in [2.45, 2.75) is 0 Å². The number of carboxylic acid groups (broad SMARTS) is 1. The molecule has 0 unspecified atom stereocenters. The van der Waals surface area contributed by atoms with Crippen LogP contribution in [0, 0.1) is 0 Å². The lowest BCUT2D eigenvalue weighted by molar-refractivity contribution is 0.0697. The summed E-state index contributed by atoms with van der Waals surface area (Å²) in [5, 5.41) is 9.47. The van der Waals surface area contributed by atoms with Gasteiger partial charge >= 0.3 is 5.97 Å². The van der Waals surface area contributed by atoms with E-state index in [0.717, 1.165) is 0 Å². The van der Waals surface area contributed by atoms with Gasteiger partial charge in [0.1, 0.15) is 11.3 Å². The van der Waals surface area contributed by atoms with E-state index in [-0.39, 0.29) is 5.56 Å². The number of carboxylic acids is 1. The Bertz CT molecular complexity index is 841. The largest absolute Gasteiger partial charge is 0.497 e. The molecule has 0 amide bonds. The molecule has 0 aliphatic carbocycles. The number of rotatable bonds is 3. The van der Waals surface area contributed by atoms with E-state index in [4.69, 9.17) is 25.9 Å². The van der Waals surface area contributed by atoms with Crippen LogP contribution in [0.4, 0.5) is 0 Å². The summed E-state index contributed by atoms with van der Waals surface area (Å²) in [5.74, 6) is -0.0707. The summed E-state index contributed by atoms with van der Waals surface area (Å²) in [6.07, 6.45) is 0. The first-order chi connectivity index (χ1) is 10.1. The molecule has 3 aromatic rings. The lowest BCUT2D eigenvalue weighted by Gasteiger charge is -2.02. The maximum atomic E-state index is 11.0. The van der Waals surface area contributed by atoms with Gasteiger partial charge in [0.15, 0.2) is 5.58 Å². The van der Waals surface area contributed by atoms with Crippen LogP contribution in [-0.2, 0) is 0 Å². The normalized spacial score (nSPS) is 10.8. The van der Waals surface area contributed by atoms with Crippen LogP contribution in [-0.4, -0.2) is 23.2 Å². The molecule has 1 N–H and O–H groups in total. The van der Waals surface area contributed by atoms with Crippen molar-refractivity contribution in [3.8, 4) is 17.2 Å². The van der Waals surface area contributed by atoms with Crippen LogP contribution in [0.3, 0.4) is 0 Å². The Balaban J connectivity index is 2.12. The van der Waals surface area contributed by atoms with Crippen LogP contribution in [0.5, 0.6) is 5.75 Å². The van der Waals surface area contributed by atoms with E-state index in [9.17, 15) is 4.79 Å². The maximum absolute atomic E-state index is 11.0. The Morgan fingerprint density at radius 3 is 2.81 bits per heavy atom. The van der Waals surface area contributed by atoms with E-state index in [1.54, 1.807) is 31.4 Å². The van der Waals surface area contributed by atoms with E-state index in [1.807, 2.05) is 0 Å². The number of hydrogen-bond donors (Lipinski definition) is 1. The molecule has 0 atom stereocenters. The molecule has 5 nitrogen and oxygen atoms in total. The van der Waals surface area contributed by atoms with Crippen LogP contribution in [0.1, 0.15) is 10.4 Å². The number of fused-ring (bicyclic) bond motifs is 1. The van der Waals surface area contributed by atoms with Crippen molar-refractivity contribution in [3.63, 3.8) is 0 Å². The Labute approximate surface area is 124 Å². The van der Waals surface area contributed by atoms with Gasteiger partial charge < -0.3 is 14.3 Å². The highest BCUT2D eigenvalue weighted by Gasteiger charge is 2.12. The molecule has 106 valence electrons. The van der Waals surface area contributed by atoms with Crippen LogP contribution >= 0.6 is 11.6 Å². The van der Waals surface area contributed by atoms with Crippen molar-refractivity contribution in [2.24, 2.45) is 0 Å². The number of nitrogens with zero attached hydrogens (tertiary/aromatic N) is 1.